The minimum Gasteiger partial charge on any atom is -0.367 e. The van der Waals surface area contributed by atoms with Crippen LogP contribution in [0.15, 0.2) is 42.5 Å². The quantitative estimate of drug-likeness (QED) is 0.393. The summed E-state index contributed by atoms with van der Waals surface area (Å²) in [5.74, 6) is 1.02. The van der Waals surface area contributed by atoms with Crippen molar-refractivity contribution in [2.45, 2.75) is 64.8 Å². The lowest BCUT2D eigenvalue weighted by molar-refractivity contribution is 0.202. The number of aromatic amines is 1. The van der Waals surface area contributed by atoms with Gasteiger partial charge in [0, 0.05) is 53.3 Å². The van der Waals surface area contributed by atoms with E-state index in [0.717, 1.165) is 32.6 Å². The number of hydrogen-bond donors (Lipinski definition) is 2. The summed E-state index contributed by atoms with van der Waals surface area (Å²) in [5, 5.41) is 4.99. The monoisotopic (exact) mass is 458 g/mol. The second-order valence-corrected chi connectivity index (χ2v) is 10.2. The molecule has 4 nitrogen and oxygen atoms in total. The molecule has 182 valence electrons. The molecular weight excluding hydrogens is 416 g/mol. The van der Waals surface area contributed by atoms with Crippen LogP contribution in [0.5, 0.6) is 0 Å². The lowest BCUT2D eigenvalue weighted by Gasteiger charge is -2.38. The number of para-hydroxylation sites is 1. The number of piperidine rings is 1. The summed E-state index contributed by atoms with van der Waals surface area (Å²) in [5.41, 5.74) is 8.66. The molecule has 0 amide bonds. The van der Waals surface area contributed by atoms with Crippen molar-refractivity contribution in [3.8, 4) is 0 Å². The lowest BCUT2D eigenvalue weighted by atomic mass is 9.85. The van der Waals surface area contributed by atoms with Gasteiger partial charge in [0.15, 0.2) is 0 Å². The van der Waals surface area contributed by atoms with Crippen molar-refractivity contribution in [3.63, 3.8) is 0 Å². The zero-order valence-corrected chi connectivity index (χ0v) is 21.5. The summed E-state index contributed by atoms with van der Waals surface area (Å²) in [6.45, 7) is 16.0. The number of nitrogens with one attached hydrogen (secondary N) is 2. The number of aromatic nitrogens is 1. The van der Waals surface area contributed by atoms with Crippen molar-refractivity contribution in [1.29, 1.82) is 0 Å². The van der Waals surface area contributed by atoms with Gasteiger partial charge in [0.1, 0.15) is 0 Å². The van der Waals surface area contributed by atoms with Gasteiger partial charge in [0.05, 0.1) is 0 Å². The highest BCUT2D eigenvalue weighted by Gasteiger charge is 2.41. The maximum atomic E-state index is 3.82. The van der Waals surface area contributed by atoms with Gasteiger partial charge in [-0.05, 0) is 81.2 Å². The molecule has 3 unspecified atom stereocenters. The van der Waals surface area contributed by atoms with Crippen LogP contribution in [0.2, 0.25) is 0 Å². The lowest BCUT2D eigenvalue weighted by Crippen LogP contribution is -2.48. The van der Waals surface area contributed by atoms with E-state index < -0.39 is 0 Å². The molecule has 1 fully saturated rings. The highest BCUT2D eigenvalue weighted by Crippen LogP contribution is 2.46. The van der Waals surface area contributed by atoms with E-state index >= 15 is 0 Å². The van der Waals surface area contributed by atoms with Crippen molar-refractivity contribution in [2.75, 3.05) is 44.2 Å². The molecule has 2 aromatic carbocycles. The first kappa shape index (κ1) is 23.4. The maximum absolute atomic E-state index is 3.82. The van der Waals surface area contributed by atoms with Crippen LogP contribution in [-0.2, 0) is 6.42 Å². The van der Waals surface area contributed by atoms with Gasteiger partial charge in [-0.25, -0.2) is 0 Å². The number of fused-ring (bicyclic) bond motifs is 4. The Labute approximate surface area is 205 Å². The van der Waals surface area contributed by atoms with Gasteiger partial charge in [0.25, 0.3) is 0 Å². The Bertz CT molecular complexity index is 1120. The van der Waals surface area contributed by atoms with E-state index in [1.165, 1.54) is 59.3 Å². The van der Waals surface area contributed by atoms with Crippen LogP contribution in [0.25, 0.3) is 10.9 Å². The molecule has 3 atom stereocenters. The van der Waals surface area contributed by atoms with Crippen LogP contribution < -0.4 is 10.2 Å². The summed E-state index contributed by atoms with van der Waals surface area (Å²) >= 11 is 0. The van der Waals surface area contributed by atoms with E-state index in [4.69, 9.17) is 0 Å². The minimum atomic E-state index is 0.351. The number of benzene rings is 2. The van der Waals surface area contributed by atoms with Crippen LogP contribution >= 0.6 is 0 Å². The molecule has 0 aliphatic carbocycles. The van der Waals surface area contributed by atoms with Crippen molar-refractivity contribution in [1.82, 2.24) is 15.2 Å². The Hall–Kier alpha value is -2.30. The van der Waals surface area contributed by atoms with E-state index in [0.29, 0.717) is 17.9 Å². The number of likely N-dealkylation sites (tertiary alicyclic amines) is 1. The number of likely N-dealkylation sites (N-methyl/N-ethyl adjacent to an activating group) is 2. The Balaban J connectivity index is 1.47. The Kier molecular flexibility index (Phi) is 6.99. The van der Waals surface area contributed by atoms with Gasteiger partial charge < -0.3 is 20.1 Å². The van der Waals surface area contributed by atoms with Crippen LogP contribution in [0.1, 0.15) is 74.8 Å². The largest absolute Gasteiger partial charge is 0.367 e. The van der Waals surface area contributed by atoms with Gasteiger partial charge in [-0.2, -0.15) is 0 Å². The fraction of sp³-hybridized carbons (Fsp3) is 0.533. The first-order valence-corrected chi connectivity index (χ1v) is 13.6. The third-order valence-corrected chi connectivity index (χ3v) is 8.37. The molecule has 1 saturated heterocycles. The van der Waals surface area contributed by atoms with Gasteiger partial charge in [0.2, 0.25) is 0 Å². The first-order chi connectivity index (χ1) is 16.7. The first-order valence-electron chi connectivity index (χ1n) is 13.6. The van der Waals surface area contributed by atoms with E-state index in [1.54, 1.807) is 5.56 Å². The fourth-order valence-corrected chi connectivity index (χ4v) is 6.49. The van der Waals surface area contributed by atoms with Crippen molar-refractivity contribution in [3.05, 3.63) is 64.8 Å². The van der Waals surface area contributed by atoms with E-state index in [2.05, 4.69) is 90.3 Å². The molecule has 34 heavy (non-hydrogen) atoms. The van der Waals surface area contributed by atoms with Crippen LogP contribution in [0.4, 0.5) is 5.69 Å². The number of nitrogens with zero attached hydrogens (tertiary/aromatic N) is 2. The third kappa shape index (κ3) is 4.16. The van der Waals surface area contributed by atoms with Crippen molar-refractivity contribution < 1.29 is 0 Å². The SMILES string of the molecule is CCCNCCc1c(C(C)c2ccc3c(c2)C2CCN(CC)CC2N3CC)[nH]c2ccccc12. The smallest absolute Gasteiger partial charge is 0.0486 e. The normalized spacial score (nSPS) is 21.1. The van der Waals surface area contributed by atoms with E-state index in [1.807, 2.05) is 0 Å². The highest BCUT2D eigenvalue weighted by atomic mass is 15.3. The zero-order chi connectivity index (χ0) is 23.7. The van der Waals surface area contributed by atoms with Crippen LogP contribution in [0.3, 0.4) is 0 Å². The van der Waals surface area contributed by atoms with Crippen LogP contribution in [-0.4, -0.2) is 55.2 Å². The second kappa shape index (κ2) is 10.1. The van der Waals surface area contributed by atoms with Gasteiger partial charge >= 0.3 is 0 Å². The standard InChI is InChI=1S/C30H42N4/c1-5-16-31-17-14-25-23-10-8-9-11-27(23)32-30(25)21(4)22-12-13-28-26(19-22)24-15-18-33(6-2)20-29(24)34(28)7-3/h8-13,19,21,24,29,31-32H,5-7,14-18,20H2,1-4H3. The molecule has 0 bridgehead atoms. The third-order valence-electron chi connectivity index (χ3n) is 8.37. The molecule has 4 heteroatoms. The van der Waals surface area contributed by atoms with Crippen molar-refractivity contribution in [2.24, 2.45) is 0 Å². The maximum Gasteiger partial charge on any atom is 0.0486 e. The predicted molar refractivity (Wildman–Crippen MR) is 145 cm³/mol. The topological polar surface area (TPSA) is 34.3 Å². The Morgan fingerprint density at radius 3 is 2.71 bits per heavy atom. The number of H-pyrrole nitrogens is 1. The number of hydrogen-bond acceptors (Lipinski definition) is 3. The average molecular weight is 459 g/mol. The molecular formula is C30H42N4. The Morgan fingerprint density at radius 1 is 1.06 bits per heavy atom. The summed E-state index contributed by atoms with van der Waals surface area (Å²) in [6.07, 6.45) is 3.52. The molecule has 2 N–H and O–H groups in total. The summed E-state index contributed by atoms with van der Waals surface area (Å²) < 4.78 is 0. The molecule has 3 heterocycles. The fourth-order valence-electron chi connectivity index (χ4n) is 6.49. The molecule has 2 aliphatic heterocycles. The summed E-state index contributed by atoms with van der Waals surface area (Å²) in [7, 11) is 0. The highest BCUT2D eigenvalue weighted by molar-refractivity contribution is 5.85. The zero-order valence-electron chi connectivity index (χ0n) is 21.5. The van der Waals surface area contributed by atoms with Gasteiger partial charge in [-0.3, -0.25) is 0 Å². The molecule has 2 aliphatic rings. The van der Waals surface area contributed by atoms with E-state index in [9.17, 15) is 0 Å². The predicted octanol–water partition coefficient (Wildman–Crippen LogP) is 5.88. The minimum absolute atomic E-state index is 0.351. The molecule has 0 radical (unpaired) electrons. The van der Waals surface area contributed by atoms with Gasteiger partial charge in [-0.1, -0.05) is 51.1 Å². The van der Waals surface area contributed by atoms with Crippen molar-refractivity contribution >= 4 is 16.6 Å². The second-order valence-electron chi connectivity index (χ2n) is 10.2. The number of rotatable bonds is 9. The van der Waals surface area contributed by atoms with Crippen LogP contribution in [0, 0.1) is 0 Å². The van der Waals surface area contributed by atoms with Gasteiger partial charge in [-0.15, -0.1) is 0 Å². The number of anilines is 1. The molecule has 1 aromatic heterocycles. The summed E-state index contributed by atoms with van der Waals surface area (Å²) in [4.78, 5) is 9.11. The molecule has 3 aromatic rings. The average Bonchev–Trinajstić information content (AvgIpc) is 3.40. The Morgan fingerprint density at radius 2 is 1.91 bits per heavy atom. The van der Waals surface area contributed by atoms with E-state index in [-0.39, 0.29) is 0 Å². The molecule has 0 saturated carbocycles. The molecule has 0 spiro atoms. The summed E-state index contributed by atoms with van der Waals surface area (Å²) in [6, 6.07) is 16.8. The molecule has 5 rings (SSSR count).